The van der Waals surface area contributed by atoms with E-state index in [-0.39, 0.29) is 0 Å². The summed E-state index contributed by atoms with van der Waals surface area (Å²) in [6, 6.07) is 8.34. The molecule has 1 aliphatic heterocycles. The van der Waals surface area contributed by atoms with E-state index >= 15 is 0 Å². The van der Waals surface area contributed by atoms with Gasteiger partial charge in [0.25, 0.3) is 0 Å². The SMILES string of the molecule is CC(CCN1CCOCC1)n1nc2ccccc2n1. The first kappa shape index (κ1) is 12.6. The summed E-state index contributed by atoms with van der Waals surface area (Å²) in [5.74, 6) is 0. The van der Waals surface area contributed by atoms with Gasteiger partial charge >= 0.3 is 0 Å². The lowest BCUT2D eigenvalue weighted by Crippen LogP contribution is -2.37. The Kier molecular flexibility index (Phi) is 3.75. The van der Waals surface area contributed by atoms with Gasteiger partial charge in [-0.2, -0.15) is 15.0 Å². The maximum absolute atomic E-state index is 5.36. The second-order valence-electron chi connectivity index (χ2n) is 5.10. The van der Waals surface area contributed by atoms with E-state index in [9.17, 15) is 0 Å². The molecule has 1 aliphatic rings. The molecule has 2 heterocycles. The second-order valence-corrected chi connectivity index (χ2v) is 5.10. The fourth-order valence-electron chi connectivity index (χ4n) is 2.38. The largest absolute Gasteiger partial charge is 0.379 e. The van der Waals surface area contributed by atoms with Crippen LogP contribution >= 0.6 is 0 Å². The van der Waals surface area contributed by atoms with Crippen LogP contribution in [-0.2, 0) is 4.74 Å². The van der Waals surface area contributed by atoms with Crippen LogP contribution in [0, 0.1) is 0 Å². The van der Waals surface area contributed by atoms with E-state index in [4.69, 9.17) is 4.74 Å². The lowest BCUT2D eigenvalue weighted by Gasteiger charge is -2.27. The highest BCUT2D eigenvalue weighted by molar-refractivity contribution is 5.72. The van der Waals surface area contributed by atoms with Crippen LogP contribution < -0.4 is 0 Å². The molecular weight excluding hydrogens is 240 g/mol. The van der Waals surface area contributed by atoms with E-state index in [1.165, 1.54) is 0 Å². The average molecular weight is 260 g/mol. The van der Waals surface area contributed by atoms with Gasteiger partial charge in [-0.25, -0.2) is 0 Å². The Morgan fingerprint density at radius 1 is 1.16 bits per heavy atom. The number of ether oxygens (including phenoxy) is 1. The molecule has 1 atom stereocenters. The topological polar surface area (TPSA) is 43.2 Å². The van der Waals surface area contributed by atoms with Gasteiger partial charge in [-0.05, 0) is 25.5 Å². The van der Waals surface area contributed by atoms with E-state index in [1.807, 2.05) is 29.1 Å². The van der Waals surface area contributed by atoms with Gasteiger partial charge in [-0.15, -0.1) is 0 Å². The molecule has 0 saturated carbocycles. The number of benzene rings is 1. The number of morpholine rings is 1. The Labute approximate surface area is 113 Å². The highest BCUT2D eigenvalue weighted by atomic mass is 16.5. The average Bonchev–Trinajstić information content (AvgIpc) is 2.90. The molecule has 1 fully saturated rings. The van der Waals surface area contributed by atoms with Crippen LogP contribution in [0.25, 0.3) is 11.0 Å². The van der Waals surface area contributed by atoms with Crippen LogP contribution in [0.4, 0.5) is 0 Å². The van der Waals surface area contributed by atoms with Crippen molar-refractivity contribution in [2.45, 2.75) is 19.4 Å². The Hall–Kier alpha value is -1.46. The summed E-state index contributed by atoms with van der Waals surface area (Å²) in [4.78, 5) is 4.30. The molecule has 19 heavy (non-hydrogen) atoms. The minimum absolute atomic E-state index is 0.329. The zero-order valence-electron chi connectivity index (χ0n) is 11.3. The molecule has 0 aliphatic carbocycles. The highest BCUT2D eigenvalue weighted by Crippen LogP contribution is 2.14. The first-order valence-corrected chi connectivity index (χ1v) is 6.94. The number of fused-ring (bicyclic) bond motifs is 1. The van der Waals surface area contributed by atoms with Gasteiger partial charge in [0.1, 0.15) is 11.0 Å². The van der Waals surface area contributed by atoms with Crippen LogP contribution in [0.1, 0.15) is 19.4 Å². The lowest BCUT2D eigenvalue weighted by atomic mass is 10.2. The second kappa shape index (κ2) is 5.67. The van der Waals surface area contributed by atoms with Gasteiger partial charge in [-0.1, -0.05) is 12.1 Å². The van der Waals surface area contributed by atoms with E-state index in [2.05, 4.69) is 22.0 Å². The van der Waals surface area contributed by atoms with E-state index in [0.717, 1.165) is 50.3 Å². The molecule has 1 aromatic heterocycles. The molecule has 1 unspecified atom stereocenters. The number of rotatable bonds is 4. The lowest BCUT2D eigenvalue weighted by molar-refractivity contribution is 0.0355. The molecule has 1 saturated heterocycles. The molecule has 1 aromatic carbocycles. The highest BCUT2D eigenvalue weighted by Gasteiger charge is 2.14. The number of nitrogens with zero attached hydrogens (tertiary/aromatic N) is 4. The van der Waals surface area contributed by atoms with Gasteiger partial charge in [0, 0.05) is 19.6 Å². The van der Waals surface area contributed by atoms with Gasteiger partial charge in [-0.3, -0.25) is 4.90 Å². The Morgan fingerprint density at radius 3 is 2.42 bits per heavy atom. The fourth-order valence-corrected chi connectivity index (χ4v) is 2.38. The van der Waals surface area contributed by atoms with Crippen LogP contribution in [-0.4, -0.2) is 52.7 Å². The van der Waals surface area contributed by atoms with Crippen LogP contribution in [0.5, 0.6) is 0 Å². The Morgan fingerprint density at radius 2 is 1.79 bits per heavy atom. The van der Waals surface area contributed by atoms with Crippen molar-refractivity contribution in [3.05, 3.63) is 24.3 Å². The maximum atomic E-state index is 5.36. The third-order valence-corrected chi connectivity index (χ3v) is 3.66. The Balaban J connectivity index is 1.61. The molecule has 0 radical (unpaired) electrons. The number of aromatic nitrogens is 3. The fraction of sp³-hybridized carbons (Fsp3) is 0.571. The molecule has 5 nitrogen and oxygen atoms in total. The van der Waals surface area contributed by atoms with Crippen molar-refractivity contribution in [1.82, 2.24) is 19.9 Å². The number of hydrogen-bond donors (Lipinski definition) is 0. The minimum atomic E-state index is 0.329. The van der Waals surface area contributed by atoms with Crippen molar-refractivity contribution < 1.29 is 4.74 Å². The van der Waals surface area contributed by atoms with Crippen molar-refractivity contribution in [3.63, 3.8) is 0 Å². The van der Waals surface area contributed by atoms with E-state index < -0.39 is 0 Å². The molecule has 5 heteroatoms. The summed E-state index contributed by atoms with van der Waals surface area (Å²) in [6.45, 7) is 7.07. The summed E-state index contributed by atoms with van der Waals surface area (Å²) >= 11 is 0. The van der Waals surface area contributed by atoms with E-state index in [1.54, 1.807) is 0 Å². The summed E-state index contributed by atoms with van der Waals surface area (Å²) in [6.07, 6.45) is 1.07. The van der Waals surface area contributed by atoms with Crippen molar-refractivity contribution in [3.8, 4) is 0 Å². The van der Waals surface area contributed by atoms with Gasteiger partial charge in [0.2, 0.25) is 0 Å². The van der Waals surface area contributed by atoms with Gasteiger partial charge in [0.05, 0.1) is 19.3 Å². The third-order valence-electron chi connectivity index (χ3n) is 3.66. The zero-order valence-corrected chi connectivity index (χ0v) is 11.3. The molecule has 0 amide bonds. The molecular formula is C14H20N4O. The van der Waals surface area contributed by atoms with Crippen LogP contribution in [0.15, 0.2) is 24.3 Å². The molecule has 102 valence electrons. The summed E-state index contributed by atoms with van der Waals surface area (Å²) < 4.78 is 5.36. The molecule has 0 bridgehead atoms. The van der Waals surface area contributed by atoms with Gasteiger partial charge < -0.3 is 4.74 Å². The molecule has 2 aromatic rings. The van der Waals surface area contributed by atoms with Crippen molar-refractivity contribution in [2.75, 3.05) is 32.8 Å². The molecule has 3 rings (SSSR count). The predicted molar refractivity (Wildman–Crippen MR) is 74.1 cm³/mol. The molecule has 0 spiro atoms. The van der Waals surface area contributed by atoms with Crippen LogP contribution in [0.3, 0.4) is 0 Å². The summed E-state index contributed by atoms with van der Waals surface area (Å²) in [5, 5.41) is 9.08. The minimum Gasteiger partial charge on any atom is -0.379 e. The standard InChI is InChI=1S/C14H20N4O/c1-12(6-7-17-8-10-19-11-9-17)18-15-13-4-2-3-5-14(13)16-18/h2-5,12H,6-11H2,1H3. The van der Waals surface area contributed by atoms with Crippen LogP contribution in [0.2, 0.25) is 0 Å². The molecule has 0 N–H and O–H groups in total. The zero-order chi connectivity index (χ0) is 13.1. The summed E-state index contributed by atoms with van der Waals surface area (Å²) in [7, 11) is 0. The van der Waals surface area contributed by atoms with Gasteiger partial charge in [0.15, 0.2) is 0 Å². The van der Waals surface area contributed by atoms with Crippen molar-refractivity contribution in [2.24, 2.45) is 0 Å². The van der Waals surface area contributed by atoms with E-state index in [0.29, 0.717) is 6.04 Å². The third kappa shape index (κ3) is 2.93. The smallest absolute Gasteiger partial charge is 0.113 e. The Bertz CT molecular complexity index is 500. The first-order chi connectivity index (χ1) is 9.33. The predicted octanol–water partition coefficient (Wildman–Crippen LogP) is 1.71. The quantitative estimate of drug-likeness (QED) is 0.839. The maximum Gasteiger partial charge on any atom is 0.113 e. The van der Waals surface area contributed by atoms with Crippen molar-refractivity contribution in [1.29, 1.82) is 0 Å². The van der Waals surface area contributed by atoms with Crippen molar-refractivity contribution >= 4 is 11.0 Å². The monoisotopic (exact) mass is 260 g/mol. The normalized spacial score (nSPS) is 18.8. The first-order valence-electron chi connectivity index (χ1n) is 6.94. The summed E-state index contributed by atoms with van der Waals surface area (Å²) in [5.41, 5.74) is 1.95. The number of hydrogen-bond acceptors (Lipinski definition) is 4.